The quantitative estimate of drug-likeness (QED) is 0.691. The van der Waals surface area contributed by atoms with Crippen molar-refractivity contribution in [2.75, 3.05) is 0 Å². The molecule has 0 bridgehead atoms. The van der Waals surface area contributed by atoms with Gasteiger partial charge in [0.25, 0.3) is 0 Å². The van der Waals surface area contributed by atoms with E-state index >= 15 is 0 Å². The zero-order valence-electron chi connectivity index (χ0n) is 6.24. The number of carboxylic acids is 1. The van der Waals surface area contributed by atoms with Crippen molar-refractivity contribution in [3.05, 3.63) is 24.4 Å². The maximum absolute atomic E-state index is 10.6. The minimum Gasteiger partial charge on any atom is -0.476 e. The number of aromatic carboxylic acids is 1. The summed E-state index contributed by atoms with van der Waals surface area (Å²) in [6.07, 6.45) is 3.49. The highest BCUT2D eigenvalue weighted by Gasteiger charge is 2.18. The lowest BCUT2D eigenvalue weighted by atomic mass is 10.3. The first-order chi connectivity index (χ1) is 6.29. The van der Waals surface area contributed by atoms with E-state index in [9.17, 15) is 4.79 Å². The number of aromatic nitrogens is 3. The second kappa shape index (κ2) is 2.74. The first kappa shape index (κ1) is 7.53. The van der Waals surface area contributed by atoms with E-state index < -0.39 is 5.97 Å². The van der Waals surface area contributed by atoms with Gasteiger partial charge >= 0.3 is 5.97 Å². The Hall–Kier alpha value is -2.11. The van der Waals surface area contributed by atoms with E-state index in [1.54, 1.807) is 0 Å². The van der Waals surface area contributed by atoms with Crippen molar-refractivity contribution < 1.29 is 14.3 Å². The molecule has 2 N–H and O–H groups in total. The first-order valence-electron chi connectivity index (χ1n) is 3.30. The van der Waals surface area contributed by atoms with Crippen LogP contribution in [0.4, 0.5) is 0 Å². The highest BCUT2D eigenvalue weighted by molar-refractivity contribution is 5.91. The molecule has 6 nitrogen and oxygen atoms in total. The van der Waals surface area contributed by atoms with Gasteiger partial charge in [-0.1, -0.05) is 0 Å². The fourth-order valence-electron chi connectivity index (χ4n) is 0.873. The summed E-state index contributed by atoms with van der Waals surface area (Å²) in [7, 11) is 0. The van der Waals surface area contributed by atoms with Gasteiger partial charge in [-0.2, -0.15) is 5.10 Å². The predicted molar refractivity (Wildman–Crippen MR) is 38.7 cm³/mol. The van der Waals surface area contributed by atoms with Crippen LogP contribution in [-0.2, 0) is 0 Å². The monoisotopic (exact) mass is 177 g/mol. The predicted octanol–water partition coefficient (Wildman–Crippen LogP) is 0.363. The number of nitrogens with zero attached hydrogens (tertiary/aromatic N) is 2. The van der Waals surface area contributed by atoms with Crippen LogP contribution in [0.2, 0.25) is 0 Å². The third-order valence-corrected chi connectivity index (χ3v) is 1.39. The molecular weight excluding hydrogens is 174 g/mol. The van der Waals surface area contributed by atoms with Gasteiger partial charge in [0.2, 0.25) is 0 Å². The van der Waals surface area contributed by atoms with Gasteiger partial charge in [-0.05, 0) is 0 Å². The lowest BCUT2D eigenvalue weighted by Crippen LogP contribution is -1.98. The molecule has 13 heavy (non-hydrogen) atoms. The number of rotatable bonds is 2. The Labute approximate surface area is 72.2 Å². The Morgan fingerprint density at radius 3 is 3.15 bits per heavy atom. The Morgan fingerprint density at radius 1 is 1.69 bits per heavy atom. The molecule has 6 heteroatoms. The molecule has 0 fully saturated rings. The van der Waals surface area contributed by atoms with Gasteiger partial charge in [-0.3, -0.25) is 5.10 Å². The molecule has 64 valence electrons. The molecular formula is C7H3N3O3. The molecule has 0 saturated carbocycles. The van der Waals surface area contributed by atoms with E-state index in [0.29, 0.717) is 0 Å². The lowest BCUT2D eigenvalue weighted by molar-refractivity contribution is 0.0691. The third kappa shape index (κ3) is 1.18. The summed E-state index contributed by atoms with van der Waals surface area (Å²) in [5.74, 6) is -1.09. The normalized spacial score (nSPS) is 10.2. The van der Waals surface area contributed by atoms with Crippen LogP contribution in [0.5, 0.6) is 0 Å². The highest BCUT2D eigenvalue weighted by Crippen LogP contribution is 2.19. The highest BCUT2D eigenvalue weighted by atomic mass is 16.4. The lowest BCUT2D eigenvalue weighted by Gasteiger charge is -1.89. The van der Waals surface area contributed by atoms with Gasteiger partial charge in [0, 0.05) is 6.07 Å². The van der Waals surface area contributed by atoms with Gasteiger partial charge in [0.15, 0.2) is 17.8 Å². The molecule has 0 amide bonds. The smallest absolute Gasteiger partial charge is 0.358 e. The van der Waals surface area contributed by atoms with Gasteiger partial charge in [0.05, 0.1) is 6.20 Å². The Balaban J connectivity index is 2.52. The van der Waals surface area contributed by atoms with E-state index in [-0.39, 0.29) is 17.1 Å². The number of hydrogen-bond acceptors (Lipinski definition) is 4. The molecule has 0 aliphatic rings. The molecule has 0 saturated heterocycles. The summed E-state index contributed by atoms with van der Waals surface area (Å²) >= 11 is 0. The minimum atomic E-state index is -1.17. The average molecular weight is 177 g/mol. The molecule has 0 unspecified atom stereocenters. The summed E-state index contributed by atoms with van der Waals surface area (Å²) in [4.78, 5) is 14.1. The fraction of sp³-hybridized carbons (Fsp3) is 0. The van der Waals surface area contributed by atoms with Crippen molar-refractivity contribution in [3.8, 4) is 11.5 Å². The third-order valence-electron chi connectivity index (χ3n) is 1.39. The van der Waals surface area contributed by atoms with E-state index in [0.717, 1.165) is 6.39 Å². The number of carboxylic acid groups (broad SMARTS) is 1. The average Bonchev–Trinajstić information content (AvgIpc) is 2.74. The van der Waals surface area contributed by atoms with E-state index in [1.807, 2.05) is 0 Å². The van der Waals surface area contributed by atoms with Crippen LogP contribution in [0.3, 0.4) is 0 Å². The number of carbonyl (C=O) groups is 1. The number of oxazole rings is 1. The van der Waals surface area contributed by atoms with Crippen molar-refractivity contribution in [2.45, 2.75) is 0 Å². The number of aromatic amines is 1. The molecule has 0 atom stereocenters. The summed E-state index contributed by atoms with van der Waals surface area (Å²) < 4.78 is 4.84. The van der Waals surface area contributed by atoms with Crippen LogP contribution in [0.25, 0.3) is 11.5 Å². The molecule has 0 aliphatic carbocycles. The van der Waals surface area contributed by atoms with Crippen LogP contribution in [0.1, 0.15) is 10.5 Å². The molecule has 2 heterocycles. The van der Waals surface area contributed by atoms with Crippen LogP contribution < -0.4 is 0 Å². The van der Waals surface area contributed by atoms with E-state index in [4.69, 9.17) is 9.52 Å². The first-order valence-corrected chi connectivity index (χ1v) is 3.30. The van der Waals surface area contributed by atoms with Gasteiger partial charge in [-0.15, -0.1) is 0 Å². The SMILES string of the molecule is O=C(O)c1ncoc1-c1[c][c][nH]n1. The molecule has 2 radical (unpaired) electrons. The zero-order chi connectivity index (χ0) is 9.26. The largest absolute Gasteiger partial charge is 0.476 e. The standard InChI is InChI=1S/C7H3N3O3/c11-7(12)5-6(13-3-8-5)4-1-2-9-10-4/h3H,(H,9,10)(H,11,12). The summed E-state index contributed by atoms with van der Waals surface area (Å²) in [6, 6.07) is 2.55. The maximum Gasteiger partial charge on any atom is 0.358 e. The summed E-state index contributed by atoms with van der Waals surface area (Å²) in [6.45, 7) is 0. The second-order valence-electron chi connectivity index (χ2n) is 2.16. The van der Waals surface area contributed by atoms with E-state index in [1.165, 1.54) is 0 Å². The van der Waals surface area contributed by atoms with Crippen molar-refractivity contribution in [2.24, 2.45) is 0 Å². The summed E-state index contributed by atoms with van der Waals surface area (Å²) in [5.41, 5.74) is 0.0617. The maximum atomic E-state index is 10.6. The molecule has 2 aromatic rings. The Bertz CT molecular complexity index is 418. The van der Waals surface area contributed by atoms with Crippen LogP contribution >= 0.6 is 0 Å². The van der Waals surface area contributed by atoms with Gasteiger partial charge < -0.3 is 9.52 Å². The van der Waals surface area contributed by atoms with Crippen LogP contribution in [0, 0.1) is 12.3 Å². The van der Waals surface area contributed by atoms with Crippen molar-refractivity contribution in [3.63, 3.8) is 0 Å². The Kier molecular flexibility index (Phi) is 1.59. The molecule has 2 aromatic heterocycles. The Morgan fingerprint density at radius 2 is 2.54 bits per heavy atom. The molecule has 0 aromatic carbocycles. The minimum absolute atomic E-state index is 0.0741. The number of nitrogens with one attached hydrogen (secondary N) is 1. The van der Waals surface area contributed by atoms with Gasteiger partial charge in [-0.25, -0.2) is 9.78 Å². The number of H-pyrrole nitrogens is 1. The second-order valence-corrected chi connectivity index (χ2v) is 2.16. The molecule has 0 aliphatic heterocycles. The van der Waals surface area contributed by atoms with Crippen LogP contribution in [0.15, 0.2) is 10.8 Å². The van der Waals surface area contributed by atoms with Crippen molar-refractivity contribution >= 4 is 5.97 Å². The van der Waals surface area contributed by atoms with Gasteiger partial charge in [0.1, 0.15) is 5.69 Å². The van der Waals surface area contributed by atoms with Crippen LogP contribution in [-0.4, -0.2) is 26.3 Å². The van der Waals surface area contributed by atoms with Crippen molar-refractivity contribution in [1.82, 2.24) is 15.2 Å². The fourth-order valence-corrected chi connectivity index (χ4v) is 0.873. The van der Waals surface area contributed by atoms with Crippen molar-refractivity contribution in [1.29, 1.82) is 0 Å². The zero-order valence-corrected chi connectivity index (χ0v) is 6.24. The topological polar surface area (TPSA) is 92.0 Å². The molecule has 2 rings (SSSR count). The summed E-state index contributed by atoms with van der Waals surface area (Å²) in [5, 5.41) is 14.7. The molecule has 0 spiro atoms. The van der Waals surface area contributed by atoms with E-state index in [2.05, 4.69) is 27.4 Å². The number of hydrogen-bond donors (Lipinski definition) is 2.